The Morgan fingerprint density at radius 3 is 2.37 bits per heavy atom. The van der Waals surface area contributed by atoms with Crippen molar-refractivity contribution in [2.45, 2.75) is 24.8 Å². The second-order valence-electron chi connectivity index (χ2n) is 5.73. The number of carbonyl (C=O) groups is 1. The van der Waals surface area contributed by atoms with Gasteiger partial charge >= 0.3 is 5.97 Å². The van der Waals surface area contributed by atoms with Crippen LogP contribution in [0, 0.1) is 10.1 Å². The number of anilines is 1. The van der Waals surface area contributed by atoms with Crippen molar-refractivity contribution in [1.29, 1.82) is 0 Å². The van der Waals surface area contributed by atoms with Crippen LogP contribution in [0.1, 0.15) is 13.8 Å². The van der Waals surface area contributed by atoms with Gasteiger partial charge in [0.15, 0.2) is 4.90 Å². The van der Waals surface area contributed by atoms with Crippen molar-refractivity contribution in [2.75, 3.05) is 10.8 Å². The molecule has 0 saturated carbocycles. The van der Waals surface area contributed by atoms with E-state index in [1.54, 1.807) is 19.9 Å². The number of sulfonamides is 1. The Bertz CT molecular complexity index is 961. The molecule has 0 amide bonds. The first-order valence-corrected chi connectivity index (χ1v) is 9.66. The number of rotatable bonds is 7. The Morgan fingerprint density at radius 2 is 1.78 bits per heavy atom. The summed E-state index contributed by atoms with van der Waals surface area (Å²) in [6, 6.07) is 10.9. The van der Waals surface area contributed by atoms with Crippen LogP contribution in [-0.2, 0) is 19.6 Å². The second-order valence-corrected chi connectivity index (χ2v) is 7.96. The fourth-order valence-electron chi connectivity index (χ4n) is 2.32. The van der Waals surface area contributed by atoms with Crippen molar-refractivity contribution in [1.82, 2.24) is 0 Å². The highest BCUT2D eigenvalue weighted by molar-refractivity contribution is 7.93. The molecule has 0 aliphatic heterocycles. The molecule has 0 aromatic heterocycles. The summed E-state index contributed by atoms with van der Waals surface area (Å²) >= 11 is 6.11. The molecule has 2 rings (SSSR count). The predicted molar refractivity (Wildman–Crippen MR) is 100 cm³/mol. The lowest BCUT2D eigenvalue weighted by Gasteiger charge is -2.24. The Hall–Kier alpha value is -2.65. The highest BCUT2D eigenvalue weighted by Crippen LogP contribution is 2.33. The fraction of sp³-hybridized carbons (Fsp3) is 0.235. The Kier molecular flexibility index (Phi) is 6.40. The van der Waals surface area contributed by atoms with E-state index in [0.717, 1.165) is 12.1 Å². The molecule has 2 aromatic rings. The highest BCUT2D eigenvalue weighted by atomic mass is 35.5. The zero-order valence-corrected chi connectivity index (χ0v) is 16.1. The monoisotopic (exact) mass is 412 g/mol. The van der Waals surface area contributed by atoms with E-state index in [1.807, 2.05) is 0 Å². The van der Waals surface area contributed by atoms with E-state index >= 15 is 0 Å². The second kappa shape index (κ2) is 8.36. The van der Waals surface area contributed by atoms with Gasteiger partial charge in [-0.2, -0.15) is 0 Å². The largest absolute Gasteiger partial charge is 0.462 e. The van der Waals surface area contributed by atoms with Gasteiger partial charge in [-0.15, -0.1) is 0 Å². The number of hydrogen-bond donors (Lipinski definition) is 0. The average molecular weight is 413 g/mol. The van der Waals surface area contributed by atoms with Crippen molar-refractivity contribution in [3.8, 4) is 0 Å². The maximum atomic E-state index is 13.2. The Balaban J connectivity index is 2.61. The van der Waals surface area contributed by atoms with E-state index in [0.29, 0.717) is 4.31 Å². The van der Waals surface area contributed by atoms with Crippen LogP contribution in [0.2, 0.25) is 5.02 Å². The van der Waals surface area contributed by atoms with E-state index in [2.05, 4.69) is 0 Å². The minimum absolute atomic E-state index is 0.0121. The van der Waals surface area contributed by atoms with Gasteiger partial charge in [0.2, 0.25) is 0 Å². The predicted octanol–water partition coefficient (Wildman–Crippen LogP) is 3.40. The van der Waals surface area contributed by atoms with Gasteiger partial charge in [-0.05, 0) is 32.0 Å². The molecule has 0 heterocycles. The molecule has 27 heavy (non-hydrogen) atoms. The number of nitro groups is 1. The van der Waals surface area contributed by atoms with Crippen molar-refractivity contribution in [3.63, 3.8) is 0 Å². The Labute approximate surface area is 161 Å². The van der Waals surface area contributed by atoms with Gasteiger partial charge in [0, 0.05) is 6.07 Å². The summed E-state index contributed by atoms with van der Waals surface area (Å²) in [5, 5.41) is 11.3. The molecule has 144 valence electrons. The molecule has 2 aromatic carbocycles. The van der Waals surface area contributed by atoms with Crippen LogP contribution in [0.25, 0.3) is 0 Å². The van der Waals surface area contributed by atoms with Crippen LogP contribution in [0.3, 0.4) is 0 Å². The van der Waals surface area contributed by atoms with E-state index < -0.39 is 44.1 Å². The summed E-state index contributed by atoms with van der Waals surface area (Å²) in [5.41, 5.74) is -0.593. The van der Waals surface area contributed by atoms with Crippen LogP contribution in [-0.4, -0.2) is 32.0 Å². The number of esters is 1. The number of para-hydroxylation sites is 2. The maximum Gasteiger partial charge on any atom is 0.327 e. The molecular weight excluding hydrogens is 396 g/mol. The SMILES string of the molecule is CC(C)OC(=O)CN(c1ccccc1Cl)S(=O)(=O)c1ccccc1[N+](=O)[O-]. The lowest BCUT2D eigenvalue weighted by Crippen LogP contribution is -2.37. The molecular formula is C17H17ClN2O6S. The first-order valence-electron chi connectivity index (χ1n) is 7.84. The maximum absolute atomic E-state index is 13.2. The smallest absolute Gasteiger partial charge is 0.327 e. The summed E-state index contributed by atoms with van der Waals surface area (Å²) in [7, 11) is -4.48. The van der Waals surface area contributed by atoms with Gasteiger partial charge in [0.1, 0.15) is 6.54 Å². The molecule has 0 bridgehead atoms. The number of ether oxygens (including phenoxy) is 1. The van der Waals surface area contributed by atoms with Crippen molar-refractivity contribution >= 4 is 39.0 Å². The van der Waals surface area contributed by atoms with Crippen LogP contribution >= 0.6 is 11.6 Å². The molecule has 0 atom stereocenters. The Morgan fingerprint density at radius 1 is 1.19 bits per heavy atom. The van der Waals surface area contributed by atoms with E-state index in [4.69, 9.17) is 16.3 Å². The molecule has 0 aliphatic carbocycles. The van der Waals surface area contributed by atoms with E-state index in [-0.39, 0.29) is 10.7 Å². The first kappa shape index (κ1) is 20.7. The van der Waals surface area contributed by atoms with Gasteiger partial charge in [0.05, 0.1) is 21.7 Å². The zero-order chi connectivity index (χ0) is 20.2. The molecule has 0 radical (unpaired) electrons. The third-order valence-corrected chi connectivity index (χ3v) is 5.52. The van der Waals surface area contributed by atoms with Crippen LogP contribution < -0.4 is 4.31 Å². The number of carbonyl (C=O) groups excluding carboxylic acids is 1. The number of hydrogen-bond acceptors (Lipinski definition) is 6. The third-order valence-electron chi connectivity index (χ3n) is 3.39. The number of nitrogens with zero attached hydrogens (tertiary/aromatic N) is 2. The van der Waals surface area contributed by atoms with Crippen LogP contribution in [0.15, 0.2) is 53.4 Å². The number of halogens is 1. The van der Waals surface area contributed by atoms with Crippen LogP contribution in [0.4, 0.5) is 11.4 Å². The zero-order valence-electron chi connectivity index (χ0n) is 14.5. The molecule has 0 saturated heterocycles. The normalized spacial score (nSPS) is 11.3. The summed E-state index contributed by atoms with van der Waals surface area (Å²) < 4.78 is 32.1. The molecule has 0 fully saturated rings. The molecule has 0 spiro atoms. The highest BCUT2D eigenvalue weighted by Gasteiger charge is 2.34. The molecule has 0 aliphatic rings. The lowest BCUT2D eigenvalue weighted by molar-refractivity contribution is -0.387. The van der Waals surface area contributed by atoms with E-state index in [1.165, 1.54) is 30.3 Å². The van der Waals surface area contributed by atoms with Crippen LogP contribution in [0.5, 0.6) is 0 Å². The van der Waals surface area contributed by atoms with Crippen molar-refractivity contribution < 1.29 is 22.9 Å². The summed E-state index contributed by atoms with van der Waals surface area (Å²) in [4.78, 5) is 22.1. The van der Waals surface area contributed by atoms with Gasteiger partial charge in [-0.1, -0.05) is 35.9 Å². The summed E-state index contributed by atoms with van der Waals surface area (Å²) in [5.74, 6) is -0.813. The molecule has 0 N–H and O–H groups in total. The van der Waals surface area contributed by atoms with Gasteiger partial charge in [-0.25, -0.2) is 8.42 Å². The van der Waals surface area contributed by atoms with Gasteiger partial charge < -0.3 is 4.74 Å². The summed E-state index contributed by atoms with van der Waals surface area (Å²) in [6.45, 7) is 2.55. The van der Waals surface area contributed by atoms with Crippen molar-refractivity contribution in [3.05, 3.63) is 63.7 Å². The third kappa shape index (κ3) is 4.75. The van der Waals surface area contributed by atoms with Gasteiger partial charge in [0.25, 0.3) is 15.7 Å². The molecule has 8 nitrogen and oxygen atoms in total. The quantitative estimate of drug-likeness (QED) is 0.392. The number of nitro benzene ring substituents is 1. The standard InChI is InChI=1S/C17H17ClN2O6S/c1-12(2)26-17(21)11-19(14-8-4-3-7-13(14)18)27(24,25)16-10-6-5-9-15(16)20(22)23/h3-10,12H,11H2,1-2H3. The summed E-state index contributed by atoms with van der Waals surface area (Å²) in [6.07, 6.45) is -0.459. The molecule has 10 heteroatoms. The van der Waals surface area contributed by atoms with E-state index in [9.17, 15) is 23.3 Å². The minimum Gasteiger partial charge on any atom is -0.462 e. The number of benzene rings is 2. The topological polar surface area (TPSA) is 107 Å². The molecule has 0 unspecified atom stereocenters. The van der Waals surface area contributed by atoms with Gasteiger partial charge in [-0.3, -0.25) is 19.2 Å². The lowest BCUT2D eigenvalue weighted by atomic mass is 10.3. The minimum atomic E-state index is -4.48. The average Bonchev–Trinajstić information content (AvgIpc) is 2.59. The first-order chi connectivity index (χ1) is 12.6. The van der Waals surface area contributed by atoms with Crippen molar-refractivity contribution in [2.24, 2.45) is 0 Å². The fourth-order valence-corrected chi connectivity index (χ4v) is 4.19.